The first kappa shape index (κ1) is 14.4. The van der Waals surface area contributed by atoms with E-state index in [0.29, 0.717) is 22.9 Å². The highest BCUT2D eigenvalue weighted by Gasteiger charge is 2.25. The molecule has 0 aromatic heterocycles. The van der Waals surface area contributed by atoms with Crippen LogP contribution in [0.3, 0.4) is 0 Å². The fourth-order valence-corrected chi connectivity index (χ4v) is 2.30. The highest BCUT2D eigenvalue weighted by molar-refractivity contribution is 7.80. The third-order valence-corrected chi connectivity index (χ3v) is 3.51. The molecule has 22 heavy (non-hydrogen) atoms. The summed E-state index contributed by atoms with van der Waals surface area (Å²) in [7, 11) is 0. The average molecular weight is 310 g/mol. The molecule has 5 heteroatoms. The first-order valence-electron chi connectivity index (χ1n) is 6.90. The number of amides is 1. The highest BCUT2D eigenvalue weighted by Crippen LogP contribution is 2.13. The Bertz CT molecular complexity index is 714. The lowest BCUT2D eigenvalue weighted by atomic mass is 10.1. The lowest BCUT2D eigenvalue weighted by Crippen LogP contribution is -2.39. The molecule has 0 aliphatic carbocycles. The quantitative estimate of drug-likeness (QED) is 0.818. The van der Waals surface area contributed by atoms with E-state index in [9.17, 15) is 4.79 Å². The minimum Gasteiger partial charge on any atom is -0.472 e. The van der Waals surface area contributed by atoms with E-state index in [1.807, 2.05) is 48.5 Å². The molecule has 0 radical (unpaired) electrons. The lowest BCUT2D eigenvalue weighted by molar-refractivity contribution is 0.0831. The van der Waals surface area contributed by atoms with E-state index in [1.54, 1.807) is 12.1 Å². The van der Waals surface area contributed by atoms with Gasteiger partial charge >= 0.3 is 0 Å². The van der Waals surface area contributed by atoms with Crippen molar-refractivity contribution in [2.45, 2.75) is 6.42 Å². The Labute approximate surface area is 134 Å². The van der Waals surface area contributed by atoms with Crippen molar-refractivity contribution in [3.63, 3.8) is 0 Å². The molecule has 1 heterocycles. The molecule has 1 amide bonds. The second-order valence-corrected chi connectivity index (χ2v) is 5.29. The molecule has 0 bridgehead atoms. The highest BCUT2D eigenvalue weighted by atomic mass is 32.1. The van der Waals surface area contributed by atoms with Gasteiger partial charge in [0.2, 0.25) is 5.90 Å². The van der Waals surface area contributed by atoms with Crippen molar-refractivity contribution in [1.82, 2.24) is 5.01 Å². The normalized spacial score (nSPS) is 14.3. The fraction of sp³-hybridized carbons (Fsp3) is 0.118. The number of nitrogens with zero attached hydrogens (tertiary/aromatic N) is 2. The van der Waals surface area contributed by atoms with Gasteiger partial charge in [-0.1, -0.05) is 60.7 Å². The summed E-state index contributed by atoms with van der Waals surface area (Å²) in [6, 6.07) is 18.8. The molecule has 1 aliphatic rings. The van der Waals surface area contributed by atoms with Crippen LogP contribution in [0.5, 0.6) is 0 Å². The summed E-state index contributed by atoms with van der Waals surface area (Å²) in [6.07, 6.45) is 0.530. The van der Waals surface area contributed by atoms with Gasteiger partial charge < -0.3 is 4.74 Å². The molecule has 0 fully saturated rings. The maximum absolute atomic E-state index is 12.5. The standard InChI is InChI=1S/C17H14N2O2S/c20-17(14-9-5-2-6-10-14)19-16(22)12-21-15(18-19)11-13-7-3-1-4-8-13/h1-10H,11-12H2. The molecule has 1 aliphatic heterocycles. The molecule has 2 aromatic carbocycles. The summed E-state index contributed by atoms with van der Waals surface area (Å²) >= 11 is 5.19. The van der Waals surface area contributed by atoms with Crippen molar-refractivity contribution in [2.75, 3.05) is 6.61 Å². The molecule has 0 unspecified atom stereocenters. The number of benzene rings is 2. The first-order chi connectivity index (χ1) is 10.7. The van der Waals surface area contributed by atoms with Crippen LogP contribution in [0.15, 0.2) is 65.8 Å². The summed E-state index contributed by atoms with van der Waals surface area (Å²) in [5, 5.41) is 5.53. The lowest BCUT2D eigenvalue weighted by Gasteiger charge is -2.24. The topological polar surface area (TPSA) is 41.9 Å². The van der Waals surface area contributed by atoms with Gasteiger partial charge in [0.25, 0.3) is 5.91 Å². The predicted molar refractivity (Wildman–Crippen MR) is 88.7 cm³/mol. The Morgan fingerprint density at radius 1 is 1.09 bits per heavy atom. The number of ether oxygens (including phenoxy) is 1. The minimum absolute atomic E-state index is 0.194. The minimum atomic E-state index is -0.237. The van der Waals surface area contributed by atoms with Crippen molar-refractivity contribution in [1.29, 1.82) is 0 Å². The Morgan fingerprint density at radius 3 is 2.41 bits per heavy atom. The second-order valence-electron chi connectivity index (χ2n) is 4.82. The van der Waals surface area contributed by atoms with Crippen LogP contribution in [0.25, 0.3) is 0 Å². The zero-order valence-corrected chi connectivity index (χ0v) is 12.6. The Hall–Kier alpha value is -2.53. The van der Waals surface area contributed by atoms with Gasteiger partial charge in [0.1, 0.15) is 11.6 Å². The summed E-state index contributed by atoms with van der Waals surface area (Å²) in [6.45, 7) is 0.194. The summed E-state index contributed by atoms with van der Waals surface area (Å²) in [5.74, 6) is 0.253. The largest absolute Gasteiger partial charge is 0.472 e. The van der Waals surface area contributed by atoms with Gasteiger partial charge in [-0.05, 0) is 17.7 Å². The van der Waals surface area contributed by atoms with E-state index in [4.69, 9.17) is 17.0 Å². The maximum atomic E-state index is 12.5. The summed E-state index contributed by atoms with van der Waals surface area (Å²) < 4.78 is 5.53. The van der Waals surface area contributed by atoms with Crippen LogP contribution >= 0.6 is 12.2 Å². The van der Waals surface area contributed by atoms with Gasteiger partial charge in [-0.15, -0.1) is 5.10 Å². The zero-order chi connectivity index (χ0) is 15.4. The molecular weight excluding hydrogens is 296 g/mol. The van der Waals surface area contributed by atoms with E-state index < -0.39 is 0 Å². The van der Waals surface area contributed by atoms with Gasteiger partial charge in [-0.2, -0.15) is 5.01 Å². The van der Waals surface area contributed by atoms with Crippen LogP contribution in [-0.4, -0.2) is 28.4 Å². The summed E-state index contributed by atoms with van der Waals surface area (Å²) in [5.41, 5.74) is 1.62. The Balaban J connectivity index is 1.82. The van der Waals surface area contributed by atoms with Crippen LogP contribution in [0.1, 0.15) is 15.9 Å². The van der Waals surface area contributed by atoms with E-state index in [2.05, 4.69) is 5.10 Å². The van der Waals surface area contributed by atoms with Crippen LogP contribution < -0.4 is 0 Å². The number of thiocarbonyl (C=S) groups is 1. The molecule has 3 rings (SSSR count). The molecule has 2 aromatic rings. The first-order valence-corrected chi connectivity index (χ1v) is 7.31. The smallest absolute Gasteiger partial charge is 0.279 e. The van der Waals surface area contributed by atoms with Crippen molar-refractivity contribution in [3.05, 3.63) is 71.8 Å². The number of rotatable bonds is 3. The molecule has 0 N–H and O–H groups in total. The van der Waals surface area contributed by atoms with E-state index >= 15 is 0 Å². The van der Waals surface area contributed by atoms with Crippen LogP contribution in [0.2, 0.25) is 0 Å². The summed E-state index contributed by atoms with van der Waals surface area (Å²) in [4.78, 5) is 12.9. The van der Waals surface area contributed by atoms with Crippen LogP contribution in [0.4, 0.5) is 0 Å². The van der Waals surface area contributed by atoms with E-state index in [0.717, 1.165) is 5.56 Å². The third-order valence-electron chi connectivity index (χ3n) is 3.22. The number of hydrogen-bond donors (Lipinski definition) is 0. The average Bonchev–Trinajstić information content (AvgIpc) is 2.58. The van der Waals surface area contributed by atoms with Gasteiger partial charge in [0.15, 0.2) is 0 Å². The monoisotopic (exact) mass is 310 g/mol. The SMILES string of the molecule is O=C(c1ccccc1)N1N=C(Cc2ccccc2)OCC1=S. The number of hydrogen-bond acceptors (Lipinski definition) is 4. The molecule has 0 saturated heterocycles. The van der Waals surface area contributed by atoms with E-state index in [-0.39, 0.29) is 12.5 Å². The predicted octanol–water partition coefficient (Wildman–Crippen LogP) is 3.04. The molecule has 0 atom stereocenters. The number of hydrazone groups is 1. The number of carbonyl (C=O) groups is 1. The van der Waals surface area contributed by atoms with Crippen LogP contribution in [0, 0.1) is 0 Å². The Morgan fingerprint density at radius 2 is 1.73 bits per heavy atom. The molecule has 0 saturated carbocycles. The van der Waals surface area contributed by atoms with Crippen molar-refractivity contribution >= 4 is 29.0 Å². The molecule has 0 spiro atoms. The van der Waals surface area contributed by atoms with E-state index in [1.165, 1.54) is 5.01 Å². The number of carbonyl (C=O) groups excluding carboxylic acids is 1. The van der Waals surface area contributed by atoms with Gasteiger partial charge in [-0.25, -0.2) is 0 Å². The van der Waals surface area contributed by atoms with Gasteiger partial charge in [0.05, 0.1) is 6.42 Å². The Kier molecular flexibility index (Phi) is 4.25. The van der Waals surface area contributed by atoms with Crippen LogP contribution in [-0.2, 0) is 11.2 Å². The maximum Gasteiger partial charge on any atom is 0.279 e. The fourth-order valence-electron chi connectivity index (χ4n) is 2.12. The van der Waals surface area contributed by atoms with Crippen molar-refractivity contribution in [3.8, 4) is 0 Å². The third kappa shape index (κ3) is 3.20. The van der Waals surface area contributed by atoms with Crippen molar-refractivity contribution < 1.29 is 9.53 Å². The molecule has 110 valence electrons. The van der Waals surface area contributed by atoms with Gasteiger partial charge in [0, 0.05) is 5.56 Å². The zero-order valence-electron chi connectivity index (χ0n) is 11.8. The molecular formula is C17H14N2O2S. The van der Waals surface area contributed by atoms with Crippen molar-refractivity contribution in [2.24, 2.45) is 5.10 Å². The molecule has 4 nitrogen and oxygen atoms in total. The van der Waals surface area contributed by atoms with Gasteiger partial charge in [-0.3, -0.25) is 4.79 Å². The second kappa shape index (κ2) is 6.49.